The van der Waals surface area contributed by atoms with Crippen molar-refractivity contribution in [2.45, 2.75) is 13.8 Å². The zero-order chi connectivity index (χ0) is 18.1. The number of aryl methyl sites for hydroxylation is 2. The van der Waals surface area contributed by atoms with Gasteiger partial charge in [0.15, 0.2) is 0 Å². The second kappa shape index (κ2) is 6.40. The van der Waals surface area contributed by atoms with Gasteiger partial charge in [-0.25, -0.2) is 4.99 Å². The van der Waals surface area contributed by atoms with E-state index in [2.05, 4.69) is 10.1 Å². The predicted octanol–water partition coefficient (Wildman–Crippen LogP) is 3.32. The van der Waals surface area contributed by atoms with Crippen LogP contribution in [0.2, 0.25) is 5.02 Å². The first-order chi connectivity index (χ1) is 11.9. The molecular formula is C16H14ClN5O3. The van der Waals surface area contributed by atoms with Crippen LogP contribution in [0.15, 0.2) is 47.5 Å². The van der Waals surface area contributed by atoms with Crippen LogP contribution in [-0.4, -0.2) is 24.9 Å². The van der Waals surface area contributed by atoms with Gasteiger partial charge in [-0.1, -0.05) is 40.7 Å². The van der Waals surface area contributed by atoms with Gasteiger partial charge in [0, 0.05) is 5.02 Å². The van der Waals surface area contributed by atoms with Crippen molar-refractivity contribution in [2.24, 2.45) is 4.99 Å². The lowest BCUT2D eigenvalue weighted by Crippen LogP contribution is -2.22. The normalized spacial score (nSPS) is 11.7. The Bertz CT molecular complexity index is 1040. The summed E-state index contributed by atoms with van der Waals surface area (Å²) in [7, 11) is 0. The highest BCUT2D eigenvalue weighted by molar-refractivity contribution is 6.31. The lowest BCUT2D eigenvalue weighted by molar-refractivity contribution is -0.391. The van der Waals surface area contributed by atoms with Crippen LogP contribution in [0.3, 0.4) is 0 Å². The van der Waals surface area contributed by atoms with Crippen LogP contribution in [0.4, 0.5) is 11.5 Å². The average molecular weight is 360 g/mol. The van der Waals surface area contributed by atoms with Crippen LogP contribution in [0, 0.1) is 24.0 Å². The molecular weight excluding hydrogens is 346 g/mol. The van der Waals surface area contributed by atoms with Gasteiger partial charge in [0.2, 0.25) is 0 Å². The molecule has 0 amide bonds. The topological polar surface area (TPSA) is 98.5 Å². The Morgan fingerprint density at radius 2 is 1.92 bits per heavy atom. The molecule has 2 aromatic carbocycles. The lowest BCUT2D eigenvalue weighted by Gasteiger charge is -2.03. The maximum absolute atomic E-state index is 11.3. The second-order valence-electron chi connectivity index (χ2n) is 5.41. The Labute approximate surface area is 147 Å². The number of hydrogen-bond acceptors (Lipinski definition) is 5. The maximum Gasteiger partial charge on any atom is 0.438 e. The van der Waals surface area contributed by atoms with Crippen molar-refractivity contribution in [3.05, 3.63) is 74.2 Å². The predicted molar refractivity (Wildman–Crippen MR) is 91.5 cm³/mol. The molecule has 25 heavy (non-hydrogen) atoms. The molecule has 0 aliphatic heterocycles. The summed E-state index contributed by atoms with van der Waals surface area (Å²) in [5.74, 6) is -0.567. The van der Waals surface area contributed by atoms with Gasteiger partial charge in [-0.15, -0.1) is 0 Å². The Balaban J connectivity index is 2.26. The minimum Gasteiger partial charge on any atom is -0.409 e. The average Bonchev–Trinajstić information content (AvgIpc) is 2.89. The number of aromatic nitrogens is 3. The Hall–Kier alpha value is -3.13. The molecule has 0 bridgehead atoms. The fourth-order valence-corrected chi connectivity index (χ4v) is 2.46. The summed E-state index contributed by atoms with van der Waals surface area (Å²) in [6.45, 7) is 3.64. The summed E-state index contributed by atoms with van der Waals surface area (Å²) >= 11 is 6.06. The summed E-state index contributed by atoms with van der Waals surface area (Å²) in [4.78, 5) is 16.4. The number of para-hydroxylation sites is 1. The van der Waals surface area contributed by atoms with Gasteiger partial charge in [0.1, 0.15) is 5.69 Å². The van der Waals surface area contributed by atoms with E-state index in [4.69, 9.17) is 11.6 Å². The summed E-state index contributed by atoms with van der Waals surface area (Å²) in [6, 6.07) is 12.0. The number of benzene rings is 2. The third-order valence-corrected chi connectivity index (χ3v) is 4.06. The van der Waals surface area contributed by atoms with E-state index in [9.17, 15) is 15.3 Å². The van der Waals surface area contributed by atoms with E-state index in [1.807, 2.05) is 13.0 Å². The minimum absolute atomic E-state index is 0.298. The molecule has 0 saturated heterocycles. The summed E-state index contributed by atoms with van der Waals surface area (Å²) in [5.41, 5.74) is 2.20. The van der Waals surface area contributed by atoms with Crippen LogP contribution >= 0.6 is 11.6 Å². The van der Waals surface area contributed by atoms with Crippen molar-refractivity contribution in [3.8, 4) is 5.69 Å². The largest absolute Gasteiger partial charge is 0.438 e. The van der Waals surface area contributed by atoms with Crippen LogP contribution in [-0.2, 0) is 0 Å². The Morgan fingerprint density at radius 3 is 2.56 bits per heavy atom. The van der Waals surface area contributed by atoms with Crippen molar-refractivity contribution in [1.82, 2.24) is 14.7 Å². The molecule has 1 aromatic heterocycles. The van der Waals surface area contributed by atoms with Gasteiger partial charge in [0.05, 0.1) is 10.8 Å². The quantitative estimate of drug-likeness (QED) is 0.440. The standard InChI is InChI=1S/C16H14ClN5O3/c1-10-7-8-12(9-13(10)17)18-15-16(22(24)25)19-20(21(15)23)14-6-4-3-5-11(14)2/h3-9,23H,1-2H3. The van der Waals surface area contributed by atoms with E-state index in [-0.39, 0.29) is 5.49 Å². The van der Waals surface area contributed by atoms with E-state index < -0.39 is 10.7 Å². The Morgan fingerprint density at radius 1 is 1.20 bits per heavy atom. The Kier molecular flexibility index (Phi) is 4.28. The van der Waals surface area contributed by atoms with Gasteiger partial charge < -0.3 is 15.3 Å². The third kappa shape index (κ3) is 3.11. The van der Waals surface area contributed by atoms with E-state index in [0.29, 0.717) is 21.2 Å². The fraction of sp³-hybridized carbons (Fsp3) is 0.125. The molecule has 9 heteroatoms. The molecule has 3 aromatic rings. The second-order valence-corrected chi connectivity index (χ2v) is 5.82. The number of hydrogen-bond donors (Lipinski definition) is 1. The van der Waals surface area contributed by atoms with Gasteiger partial charge in [-0.2, -0.15) is 0 Å². The molecule has 8 nitrogen and oxygen atoms in total. The number of rotatable bonds is 3. The van der Waals surface area contributed by atoms with Crippen molar-refractivity contribution in [1.29, 1.82) is 0 Å². The molecule has 0 fully saturated rings. The third-order valence-electron chi connectivity index (χ3n) is 3.65. The van der Waals surface area contributed by atoms with E-state index in [1.54, 1.807) is 43.3 Å². The maximum atomic E-state index is 11.3. The molecule has 0 radical (unpaired) electrons. The van der Waals surface area contributed by atoms with E-state index in [0.717, 1.165) is 15.9 Å². The monoisotopic (exact) mass is 359 g/mol. The van der Waals surface area contributed by atoms with Crippen molar-refractivity contribution in [3.63, 3.8) is 0 Å². The van der Waals surface area contributed by atoms with Crippen molar-refractivity contribution >= 4 is 23.1 Å². The molecule has 1 heterocycles. The molecule has 0 unspecified atom stereocenters. The molecule has 0 aliphatic carbocycles. The minimum atomic E-state index is -0.698. The summed E-state index contributed by atoms with van der Waals surface area (Å²) < 4.78 is 0. The number of nitrogens with zero attached hydrogens (tertiary/aromatic N) is 5. The molecule has 0 saturated carbocycles. The smallest absolute Gasteiger partial charge is 0.409 e. The molecule has 3 rings (SSSR count). The van der Waals surface area contributed by atoms with Crippen LogP contribution in [0.1, 0.15) is 11.1 Å². The van der Waals surface area contributed by atoms with Crippen LogP contribution in [0.5, 0.6) is 0 Å². The van der Waals surface area contributed by atoms with Gasteiger partial charge in [-0.3, -0.25) is 0 Å². The first-order valence-electron chi connectivity index (χ1n) is 7.31. The molecule has 0 atom stereocenters. The van der Waals surface area contributed by atoms with E-state index in [1.165, 1.54) is 0 Å². The fourth-order valence-electron chi connectivity index (χ4n) is 2.29. The zero-order valence-electron chi connectivity index (χ0n) is 13.4. The van der Waals surface area contributed by atoms with Crippen LogP contribution < -0.4 is 5.49 Å². The van der Waals surface area contributed by atoms with Gasteiger partial charge in [-0.05, 0) is 52.9 Å². The van der Waals surface area contributed by atoms with E-state index >= 15 is 0 Å². The van der Waals surface area contributed by atoms with Crippen molar-refractivity contribution in [2.75, 3.05) is 0 Å². The summed E-state index contributed by atoms with van der Waals surface area (Å²) in [5, 5.41) is 26.1. The molecule has 1 N–H and O–H groups in total. The SMILES string of the molecule is Cc1ccc(N=c2c([N+](=O)[O-])nn(-c3ccccc3C)n2O)cc1Cl. The van der Waals surface area contributed by atoms with Crippen LogP contribution in [0.25, 0.3) is 5.69 Å². The molecule has 0 spiro atoms. The lowest BCUT2D eigenvalue weighted by atomic mass is 10.2. The number of nitro groups is 1. The highest BCUT2D eigenvalue weighted by Gasteiger charge is 2.24. The van der Waals surface area contributed by atoms with Gasteiger partial charge in [0.25, 0.3) is 5.49 Å². The number of halogens is 1. The summed E-state index contributed by atoms with van der Waals surface area (Å²) in [6.07, 6.45) is 0. The highest BCUT2D eigenvalue weighted by Crippen LogP contribution is 2.22. The molecule has 128 valence electrons. The first-order valence-corrected chi connectivity index (χ1v) is 7.69. The highest BCUT2D eigenvalue weighted by atomic mass is 35.5. The van der Waals surface area contributed by atoms with Crippen molar-refractivity contribution < 1.29 is 10.1 Å². The van der Waals surface area contributed by atoms with Gasteiger partial charge >= 0.3 is 5.82 Å². The zero-order valence-corrected chi connectivity index (χ0v) is 14.2. The molecule has 0 aliphatic rings. The first kappa shape index (κ1) is 16.7.